The summed E-state index contributed by atoms with van der Waals surface area (Å²) in [7, 11) is 0. The second kappa shape index (κ2) is 21.4. The van der Waals surface area contributed by atoms with Crippen LogP contribution in [0.3, 0.4) is 0 Å². The average Bonchev–Trinajstić information content (AvgIpc) is 4.11. The van der Waals surface area contributed by atoms with Crippen LogP contribution in [0.25, 0.3) is 15.4 Å². The van der Waals surface area contributed by atoms with Crippen molar-refractivity contribution in [2.75, 3.05) is 13.2 Å². The van der Waals surface area contributed by atoms with E-state index in [0.717, 1.165) is 60.0 Å². The van der Waals surface area contributed by atoms with Gasteiger partial charge in [0, 0.05) is 71.1 Å². The first-order valence-corrected chi connectivity index (χ1v) is 26.6. The smallest absolute Gasteiger partial charge is 0.258 e. The molecule has 3 aliphatic rings. The van der Waals surface area contributed by atoms with Crippen LogP contribution in [0.15, 0.2) is 77.2 Å². The molecule has 1 unspecified atom stereocenters. The van der Waals surface area contributed by atoms with E-state index >= 15 is 0 Å². The minimum absolute atomic E-state index is 0.0248. The van der Waals surface area contributed by atoms with E-state index in [1.165, 1.54) is 17.0 Å². The summed E-state index contributed by atoms with van der Waals surface area (Å²) in [5, 5.41) is 30.0. The third-order valence-corrected chi connectivity index (χ3v) is 16.2. The lowest BCUT2D eigenvalue weighted by molar-refractivity contribution is -0.144. The Kier molecular flexibility index (Phi) is 15.1. The van der Waals surface area contributed by atoms with E-state index < -0.39 is 65.8 Å². The molecule has 4 amide bonds. The minimum Gasteiger partial charge on any atom is -0.490 e. The Morgan fingerprint density at radius 2 is 1.62 bits per heavy atom. The molecule has 2 fully saturated rings. The van der Waals surface area contributed by atoms with Crippen molar-refractivity contribution in [1.82, 2.24) is 40.6 Å². The van der Waals surface area contributed by atoms with E-state index in [1.807, 2.05) is 73.9 Å². The van der Waals surface area contributed by atoms with Crippen LogP contribution < -0.4 is 25.4 Å². The number of ether oxygens (including phenoxy) is 2. The fourth-order valence-corrected chi connectivity index (χ4v) is 11.8. The van der Waals surface area contributed by atoms with Crippen molar-refractivity contribution < 1.29 is 38.1 Å². The molecule has 20 heteroatoms. The number of rotatable bonds is 15. The summed E-state index contributed by atoms with van der Waals surface area (Å²) in [5.74, 6) is -0.983. The molecule has 6 aromatic rings. The molecule has 1 aliphatic carbocycles. The third-order valence-electron chi connectivity index (χ3n) is 13.8. The van der Waals surface area contributed by atoms with Gasteiger partial charge in [0.25, 0.3) is 5.91 Å². The Balaban J connectivity index is 0.779. The molecule has 0 spiro atoms. The summed E-state index contributed by atoms with van der Waals surface area (Å²) in [4.78, 5) is 68.2. The van der Waals surface area contributed by atoms with E-state index in [4.69, 9.17) is 26.1 Å². The summed E-state index contributed by atoms with van der Waals surface area (Å²) in [6.07, 6.45) is -0.280. The Morgan fingerprint density at radius 1 is 0.919 bits per heavy atom. The Labute approximate surface area is 441 Å². The van der Waals surface area contributed by atoms with Crippen LogP contribution >= 0.6 is 34.3 Å². The first-order valence-electron chi connectivity index (χ1n) is 24.5. The molecular formula is C54H59ClFN9O7S2. The number of β-amino-alcohol motifs (C(OH)–C–C–N with tert-alkyl or cyclic N) is 1. The van der Waals surface area contributed by atoms with Crippen LogP contribution in [0.2, 0.25) is 5.02 Å². The minimum atomic E-state index is -1.10. The summed E-state index contributed by atoms with van der Waals surface area (Å²) >= 11 is 9.45. The van der Waals surface area contributed by atoms with Crippen molar-refractivity contribution in [2.24, 2.45) is 10.4 Å². The number of aromatic nitrogens is 4. The number of aliphatic hydroxyl groups is 1. The number of nitrogens with zero attached hydrogens (tertiary/aromatic N) is 6. The zero-order chi connectivity index (χ0) is 52.7. The maximum absolute atomic E-state index is 15.0. The lowest BCUT2D eigenvalue weighted by Gasteiger charge is -2.36. The molecule has 9 rings (SSSR count). The van der Waals surface area contributed by atoms with E-state index in [1.54, 1.807) is 49.0 Å². The van der Waals surface area contributed by atoms with Gasteiger partial charge in [-0.3, -0.25) is 28.7 Å². The second-order valence-electron chi connectivity index (χ2n) is 20.4. The number of hydrogen-bond acceptors (Lipinski definition) is 13. The van der Waals surface area contributed by atoms with Gasteiger partial charge in [0.2, 0.25) is 17.7 Å². The van der Waals surface area contributed by atoms with Crippen molar-refractivity contribution in [2.45, 2.75) is 123 Å². The van der Waals surface area contributed by atoms with Gasteiger partial charge in [-0.25, -0.2) is 9.37 Å². The molecule has 4 N–H and O–H groups in total. The highest BCUT2D eigenvalue weighted by atomic mass is 35.5. The predicted molar refractivity (Wildman–Crippen MR) is 282 cm³/mol. The highest BCUT2D eigenvalue weighted by Gasteiger charge is 2.45. The molecule has 1 saturated heterocycles. The van der Waals surface area contributed by atoms with E-state index in [9.17, 15) is 28.7 Å². The maximum atomic E-state index is 15.0. The third kappa shape index (κ3) is 11.3. The van der Waals surface area contributed by atoms with Crippen molar-refractivity contribution in [1.29, 1.82) is 0 Å². The number of nitrogens with one attached hydrogen (secondary N) is 3. The number of halogens is 2. The zero-order valence-corrected chi connectivity index (χ0v) is 44.8. The van der Waals surface area contributed by atoms with Gasteiger partial charge in [-0.1, -0.05) is 68.8 Å². The monoisotopic (exact) mass is 1060 g/mol. The fraction of sp³-hybridized carbons (Fsp3) is 0.407. The number of aryl methyl sites for hydroxylation is 3. The van der Waals surface area contributed by atoms with Gasteiger partial charge >= 0.3 is 0 Å². The second-order valence-corrected chi connectivity index (χ2v) is 22.9. The number of carbonyl (C=O) groups is 4. The molecular weight excluding hydrogens is 1010 g/mol. The molecule has 3 aromatic heterocycles. The molecule has 1 saturated carbocycles. The van der Waals surface area contributed by atoms with Crippen LogP contribution in [-0.2, 0) is 19.2 Å². The maximum Gasteiger partial charge on any atom is 0.258 e. The molecule has 5 atom stereocenters. The van der Waals surface area contributed by atoms with Crippen molar-refractivity contribution in [3.8, 4) is 26.9 Å². The summed E-state index contributed by atoms with van der Waals surface area (Å²) in [6.45, 7) is 14.5. The van der Waals surface area contributed by atoms with Gasteiger partial charge in [-0.2, -0.15) is 0 Å². The van der Waals surface area contributed by atoms with Gasteiger partial charge in [0.1, 0.15) is 52.4 Å². The molecule has 0 bridgehead atoms. The SMILES string of the molecule is Cc1ncsc1-c1ccc([C@H](C)NC(=O)[C@@H]2C[C@@H](O)CN2C(=O)C(NC(=O)COc2cc(F)cc(OC3CC(NC(=O)C[C@@H]4N=C(c5ccc(Cl)cc5)c5c(sc(C)c5C)-n5c(C)nnc54)C3)c2)C(C)(C)C)cc1. The van der Waals surface area contributed by atoms with E-state index in [0.29, 0.717) is 29.5 Å². The molecule has 74 heavy (non-hydrogen) atoms. The lowest BCUT2D eigenvalue weighted by Crippen LogP contribution is -2.58. The topological polar surface area (TPSA) is 202 Å². The van der Waals surface area contributed by atoms with Crippen LogP contribution in [-0.4, -0.2) is 103 Å². The highest BCUT2D eigenvalue weighted by molar-refractivity contribution is 7.15. The van der Waals surface area contributed by atoms with Crippen molar-refractivity contribution in [3.05, 3.63) is 128 Å². The molecule has 16 nitrogen and oxygen atoms in total. The highest BCUT2D eigenvalue weighted by Crippen LogP contribution is 2.40. The van der Waals surface area contributed by atoms with Gasteiger partial charge in [-0.15, -0.1) is 32.9 Å². The average molecular weight is 1060 g/mol. The largest absolute Gasteiger partial charge is 0.490 e. The number of carbonyl (C=O) groups excluding carboxylic acids is 4. The van der Waals surface area contributed by atoms with Crippen LogP contribution in [0.1, 0.15) is 110 Å². The number of aliphatic imine (C=N–C) groups is 1. The number of thiazole rings is 1. The number of thiophene rings is 1. The van der Waals surface area contributed by atoms with Crippen molar-refractivity contribution >= 4 is 63.6 Å². The molecule has 5 heterocycles. The number of hydrogen-bond donors (Lipinski definition) is 4. The number of fused-ring (bicyclic) bond motifs is 3. The summed E-state index contributed by atoms with van der Waals surface area (Å²) in [6, 6.07) is 15.9. The molecule has 0 radical (unpaired) electrons. The number of likely N-dealkylation sites (tertiary alicyclic amines) is 1. The number of benzene rings is 3. The Morgan fingerprint density at radius 3 is 2.31 bits per heavy atom. The molecule has 388 valence electrons. The van der Waals surface area contributed by atoms with Crippen LogP contribution in [0.4, 0.5) is 4.39 Å². The van der Waals surface area contributed by atoms with E-state index in [2.05, 4.69) is 45.0 Å². The van der Waals surface area contributed by atoms with Gasteiger partial charge < -0.3 is 35.4 Å². The van der Waals surface area contributed by atoms with Crippen LogP contribution in [0.5, 0.6) is 11.5 Å². The predicted octanol–water partition coefficient (Wildman–Crippen LogP) is 8.24. The normalized spacial score (nSPS) is 20.0. The zero-order valence-electron chi connectivity index (χ0n) is 42.4. The van der Waals surface area contributed by atoms with Gasteiger partial charge in [-0.05, 0) is 68.9 Å². The summed E-state index contributed by atoms with van der Waals surface area (Å²) < 4.78 is 28.8. The quantitative estimate of drug-likeness (QED) is 0.0776. The Bertz CT molecular complexity index is 3130. The Hall–Kier alpha value is -6.54. The first-order chi connectivity index (χ1) is 35.2. The van der Waals surface area contributed by atoms with Crippen molar-refractivity contribution in [3.63, 3.8) is 0 Å². The summed E-state index contributed by atoms with van der Waals surface area (Å²) in [5.41, 5.74) is 7.51. The lowest BCUT2D eigenvalue weighted by atomic mass is 9.85. The van der Waals surface area contributed by atoms with Gasteiger partial charge in [0.05, 0.1) is 40.4 Å². The first kappa shape index (κ1) is 52.3. The molecule has 2 aliphatic heterocycles. The molecule has 3 aromatic carbocycles. The van der Waals surface area contributed by atoms with Crippen LogP contribution in [0, 0.1) is 38.9 Å². The fourth-order valence-electron chi connectivity index (χ4n) is 9.62. The van der Waals surface area contributed by atoms with Gasteiger partial charge in [0.15, 0.2) is 12.4 Å². The standard InChI is InChI=1S/C54H59ClFN9O7S2/c1-27-30(4)74-53-46(27)47(33-13-15-35(55)16-14-33)60-42(50-63-62-31(5)65(50)53)23-44(67)59-37-19-41(20-37)72-40-18-36(56)17-39(22-40)71-25-45(68)61-49(54(6,7)8)52(70)64-24-38(66)21-43(64)51(69)58-28(2)32-9-11-34(12-10-32)48-29(3)57-26-73-48/h9-18,22,26,28,37-38,41-43,49,66H,19-21,23-25H2,1-8H3,(H,58,69)(H,59,67)(H,61,68)/t28-,37?,38+,41?,42-,43-,49?/m0/s1. The van der Waals surface area contributed by atoms with E-state index in [-0.39, 0.29) is 48.9 Å². The number of aliphatic hydroxyl groups excluding tert-OH is 1. The number of amides is 4.